The molecule has 0 bridgehead atoms. The minimum atomic E-state index is 0.720. The van der Waals surface area contributed by atoms with Gasteiger partial charge in [0.05, 0.1) is 22.9 Å². The van der Waals surface area contributed by atoms with E-state index in [1.165, 1.54) is 11.1 Å². The molecular weight excluding hydrogens is 338 g/mol. The summed E-state index contributed by atoms with van der Waals surface area (Å²) in [4.78, 5) is 16.2. The second-order valence-electron chi connectivity index (χ2n) is 6.96. The van der Waals surface area contributed by atoms with Crippen molar-refractivity contribution >= 4 is 27.6 Å². The molecule has 4 heterocycles. The summed E-state index contributed by atoms with van der Waals surface area (Å²) in [5.41, 5.74) is 5.43. The van der Waals surface area contributed by atoms with Crippen LogP contribution in [0.2, 0.25) is 0 Å². The summed E-state index contributed by atoms with van der Waals surface area (Å²) in [7, 11) is 0. The number of aromatic nitrogens is 5. The van der Waals surface area contributed by atoms with Crippen molar-refractivity contribution in [2.75, 3.05) is 31.1 Å². The second-order valence-corrected chi connectivity index (χ2v) is 6.96. The largest absolute Gasteiger partial charge is 0.353 e. The zero-order chi connectivity index (χ0) is 18.2. The lowest BCUT2D eigenvalue weighted by Crippen LogP contribution is -2.44. The topological polar surface area (TPSA) is 82.6 Å². The van der Waals surface area contributed by atoms with Crippen LogP contribution in [0.4, 0.5) is 5.82 Å². The third-order valence-electron chi connectivity index (χ3n) is 5.34. The van der Waals surface area contributed by atoms with Crippen LogP contribution in [0.15, 0.2) is 36.9 Å². The third-order valence-corrected chi connectivity index (χ3v) is 5.34. The van der Waals surface area contributed by atoms with Crippen LogP contribution in [-0.2, 0) is 6.42 Å². The monoisotopic (exact) mass is 359 g/mol. The molecule has 0 amide bonds. The maximum absolute atomic E-state index is 4.67. The molecule has 7 nitrogen and oxygen atoms in total. The zero-order valence-corrected chi connectivity index (χ0v) is 15.2. The fourth-order valence-corrected chi connectivity index (χ4v) is 3.88. The summed E-state index contributed by atoms with van der Waals surface area (Å²) < 4.78 is 0. The van der Waals surface area contributed by atoms with Crippen molar-refractivity contribution in [3.63, 3.8) is 0 Å². The molecule has 3 aromatic heterocycles. The molecule has 0 unspecified atom stereocenters. The Balaban J connectivity index is 1.61. The molecule has 1 saturated heterocycles. The van der Waals surface area contributed by atoms with Crippen LogP contribution in [0, 0.1) is 6.92 Å². The molecule has 1 aliphatic rings. The van der Waals surface area contributed by atoms with E-state index in [1.54, 1.807) is 6.33 Å². The Hall–Kier alpha value is -3.06. The number of H-pyrrole nitrogens is 1. The Morgan fingerprint density at radius 3 is 2.81 bits per heavy atom. The first-order valence-electron chi connectivity index (χ1n) is 9.27. The molecule has 27 heavy (non-hydrogen) atoms. The fourth-order valence-electron chi connectivity index (χ4n) is 3.88. The molecule has 136 valence electrons. The number of hydrogen-bond acceptors (Lipinski definition) is 6. The summed E-state index contributed by atoms with van der Waals surface area (Å²) >= 11 is 0. The number of aromatic amines is 1. The highest BCUT2D eigenvalue weighted by Gasteiger charge is 2.17. The number of rotatable bonds is 3. The maximum atomic E-state index is 4.67. The van der Waals surface area contributed by atoms with Gasteiger partial charge in [-0.2, -0.15) is 5.10 Å². The van der Waals surface area contributed by atoms with Gasteiger partial charge >= 0.3 is 0 Å². The summed E-state index contributed by atoms with van der Waals surface area (Å²) in [5.74, 6) is 1.00. The van der Waals surface area contributed by atoms with Gasteiger partial charge in [0.15, 0.2) is 0 Å². The lowest BCUT2D eigenvalue weighted by atomic mass is 9.98. The minimum Gasteiger partial charge on any atom is -0.353 e. The molecule has 0 atom stereocenters. The Morgan fingerprint density at radius 2 is 1.93 bits per heavy atom. The Morgan fingerprint density at radius 1 is 1.04 bits per heavy atom. The molecule has 1 fully saturated rings. The molecule has 0 spiro atoms. The van der Waals surface area contributed by atoms with E-state index >= 15 is 0 Å². The van der Waals surface area contributed by atoms with Gasteiger partial charge in [-0.05, 0) is 30.2 Å². The summed E-state index contributed by atoms with van der Waals surface area (Å²) in [5, 5.41) is 12.9. The van der Waals surface area contributed by atoms with Gasteiger partial charge in [-0.15, -0.1) is 0 Å². The van der Waals surface area contributed by atoms with Gasteiger partial charge in [0.1, 0.15) is 12.1 Å². The predicted octanol–water partition coefficient (Wildman–Crippen LogP) is 2.21. The molecule has 0 saturated carbocycles. The van der Waals surface area contributed by atoms with Crippen LogP contribution in [0.5, 0.6) is 0 Å². The molecule has 4 aromatic rings. The molecule has 5 rings (SSSR count). The van der Waals surface area contributed by atoms with Crippen LogP contribution in [0.25, 0.3) is 21.8 Å². The highest BCUT2D eigenvalue weighted by molar-refractivity contribution is 5.91. The number of piperazine rings is 1. The standard InChI is InChI=1S/C20H21N7/c1-13-2-3-17-16(11-25-26-17)15(13)10-18-19-14(4-5-22-18)20(24-12-23-19)27-8-6-21-7-9-27/h2-5,11-12,21H,6-10H2,1H3,(H,25,26). The number of fused-ring (bicyclic) bond motifs is 2. The van der Waals surface area contributed by atoms with E-state index in [4.69, 9.17) is 0 Å². The normalized spacial score (nSPS) is 14.9. The van der Waals surface area contributed by atoms with E-state index in [1.807, 2.05) is 18.5 Å². The number of hydrogen-bond donors (Lipinski definition) is 2. The number of nitrogens with one attached hydrogen (secondary N) is 2. The number of anilines is 1. The lowest BCUT2D eigenvalue weighted by Gasteiger charge is -2.29. The number of pyridine rings is 1. The highest BCUT2D eigenvalue weighted by atomic mass is 15.2. The van der Waals surface area contributed by atoms with Crippen molar-refractivity contribution < 1.29 is 0 Å². The molecule has 1 aromatic carbocycles. The van der Waals surface area contributed by atoms with Gasteiger partial charge in [-0.3, -0.25) is 10.1 Å². The molecular formula is C20H21N7. The first-order valence-corrected chi connectivity index (χ1v) is 9.27. The first kappa shape index (κ1) is 16.1. The van der Waals surface area contributed by atoms with E-state index in [0.29, 0.717) is 0 Å². The Bertz CT molecular complexity index is 1110. The average molecular weight is 359 g/mol. The van der Waals surface area contributed by atoms with Crippen molar-refractivity contribution in [1.29, 1.82) is 0 Å². The Labute approximate surface area is 156 Å². The average Bonchev–Trinajstić information content (AvgIpc) is 3.19. The SMILES string of the molecule is Cc1ccc2[nH]ncc2c1Cc1nccc2c(N3CCNCC3)ncnc12. The summed E-state index contributed by atoms with van der Waals surface area (Å²) in [6.07, 6.45) is 6.15. The minimum absolute atomic E-state index is 0.720. The van der Waals surface area contributed by atoms with Crippen LogP contribution in [0.3, 0.4) is 0 Å². The first-order chi connectivity index (χ1) is 13.3. The third kappa shape index (κ3) is 2.80. The number of benzene rings is 1. The molecule has 7 heteroatoms. The van der Waals surface area contributed by atoms with Gasteiger partial charge in [0, 0.05) is 49.6 Å². The van der Waals surface area contributed by atoms with Crippen molar-refractivity contribution in [3.05, 3.63) is 53.7 Å². The molecule has 2 N–H and O–H groups in total. The number of nitrogens with zero attached hydrogens (tertiary/aromatic N) is 5. The zero-order valence-electron chi connectivity index (χ0n) is 15.2. The van der Waals surface area contributed by atoms with Gasteiger partial charge in [0.25, 0.3) is 0 Å². The van der Waals surface area contributed by atoms with Crippen molar-refractivity contribution in [1.82, 2.24) is 30.5 Å². The van der Waals surface area contributed by atoms with Crippen LogP contribution < -0.4 is 10.2 Å². The van der Waals surface area contributed by atoms with E-state index in [9.17, 15) is 0 Å². The summed E-state index contributed by atoms with van der Waals surface area (Å²) in [6.45, 7) is 6.00. The molecule has 0 radical (unpaired) electrons. The maximum Gasteiger partial charge on any atom is 0.140 e. The van der Waals surface area contributed by atoms with Gasteiger partial charge < -0.3 is 10.2 Å². The van der Waals surface area contributed by atoms with Gasteiger partial charge in [-0.1, -0.05) is 6.07 Å². The smallest absolute Gasteiger partial charge is 0.140 e. The molecule has 0 aliphatic carbocycles. The van der Waals surface area contributed by atoms with E-state index in [0.717, 1.165) is 65.9 Å². The van der Waals surface area contributed by atoms with Crippen molar-refractivity contribution in [3.8, 4) is 0 Å². The predicted molar refractivity (Wildman–Crippen MR) is 106 cm³/mol. The molecule has 1 aliphatic heterocycles. The van der Waals surface area contributed by atoms with Gasteiger partial charge in [0.2, 0.25) is 0 Å². The highest BCUT2D eigenvalue weighted by Crippen LogP contribution is 2.28. The quantitative estimate of drug-likeness (QED) is 0.584. The van der Waals surface area contributed by atoms with Crippen molar-refractivity contribution in [2.45, 2.75) is 13.3 Å². The fraction of sp³-hybridized carbons (Fsp3) is 0.300. The van der Waals surface area contributed by atoms with Crippen molar-refractivity contribution in [2.24, 2.45) is 0 Å². The van der Waals surface area contributed by atoms with E-state index in [-0.39, 0.29) is 0 Å². The number of aryl methyl sites for hydroxylation is 1. The Kier molecular flexibility index (Phi) is 3.94. The second kappa shape index (κ2) is 6.59. The van der Waals surface area contributed by atoms with Crippen LogP contribution >= 0.6 is 0 Å². The van der Waals surface area contributed by atoms with E-state index in [2.05, 4.69) is 54.4 Å². The van der Waals surface area contributed by atoms with Crippen LogP contribution in [-0.4, -0.2) is 51.3 Å². The van der Waals surface area contributed by atoms with E-state index < -0.39 is 0 Å². The van der Waals surface area contributed by atoms with Crippen LogP contribution in [0.1, 0.15) is 16.8 Å². The summed E-state index contributed by atoms with van der Waals surface area (Å²) in [6, 6.07) is 6.23. The van der Waals surface area contributed by atoms with Gasteiger partial charge in [-0.25, -0.2) is 9.97 Å². The lowest BCUT2D eigenvalue weighted by molar-refractivity contribution is 0.586.